The monoisotopic (exact) mass is 994 g/mol. The van der Waals surface area contributed by atoms with Crippen LogP contribution in [0.1, 0.15) is 82.5 Å². The van der Waals surface area contributed by atoms with Crippen molar-refractivity contribution in [2.24, 2.45) is 5.73 Å². The van der Waals surface area contributed by atoms with E-state index >= 15 is 0 Å². The minimum absolute atomic E-state index is 0. The Morgan fingerprint density at radius 2 is 1.23 bits per heavy atom. The predicted octanol–water partition coefficient (Wildman–Crippen LogP) is 6.61. The van der Waals surface area contributed by atoms with Gasteiger partial charge in [0.2, 0.25) is 11.8 Å². The lowest BCUT2D eigenvalue weighted by molar-refractivity contribution is -0.120. The highest BCUT2D eigenvalue weighted by molar-refractivity contribution is 6.07. The Hall–Kier alpha value is -7.72. The molecule has 4 aromatic carbocycles. The van der Waals surface area contributed by atoms with Crippen molar-refractivity contribution in [2.75, 3.05) is 37.1 Å². The van der Waals surface area contributed by atoms with Crippen molar-refractivity contribution in [3.05, 3.63) is 137 Å². The van der Waals surface area contributed by atoms with Gasteiger partial charge in [-0.2, -0.15) is 0 Å². The number of nitrogens with two attached hydrogens (primary N) is 1. The second-order valence-corrected chi connectivity index (χ2v) is 15.9. The summed E-state index contributed by atoms with van der Waals surface area (Å²) in [4.78, 5) is 74.5. The summed E-state index contributed by atoms with van der Waals surface area (Å²) in [6.07, 6.45) is 6.67. The van der Waals surface area contributed by atoms with Gasteiger partial charge in [0.05, 0.1) is 42.5 Å². The summed E-state index contributed by atoms with van der Waals surface area (Å²) in [5.41, 5.74) is 8.14. The molecule has 2 saturated heterocycles. The maximum absolute atomic E-state index is 13.4. The molecule has 0 radical (unpaired) electrons. The van der Waals surface area contributed by atoms with Crippen LogP contribution in [0.3, 0.4) is 0 Å². The quantitative estimate of drug-likeness (QED) is 0.0855. The summed E-state index contributed by atoms with van der Waals surface area (Å²) in [6, 6.07) is 15.4. The Morgan fingerprint density at radius 1 is 0.700 bits per heavy atom. The average molecular weight is 995 g/mol. The zero-order valence-corrected chi connectivity index (χ0v) is 37.8. The number of halogens is 5. The smallest absolute Gasteiger partial charge is 0.419 e. The van der Waals surface area contributed by atoms with Crippen molar-refractivity contribution in [3.63, 3.8) is 0 Å². The highest BCUT2D eigenvalue weighted by atomic mass is 35.5. The number of rotatable bonds is 9. The molecule has 0 aliphatic carbocycles. The van der Waals surface area contributed by atoms with Crippen molar-refractivity contribution in [2.45, 2.75) is 62.7 Å². The Morgan fingerprint density at radius 3 is 1.74 bits per heavy atom. The Labute approximate surface area is 403 Å². The third-order valence-electron chi connectivity index (χ3n) is 11.0. The molecule has 23 heteroatoms. The van der Waals surface area contributed by atoms with E-state index in [4.69, 9.17) is 24.7 Å². The van der Waals surface area contributed by atoms with Crippen LogP contribution in [0.25, 0.3) is 0 Å². The van der Waals surface area contributed by atoms with Crippen molar-refractivity contribution in [1.82, 2.24) is 25.5 Å². The summed E-state index contributed by atoms with van der Waals surface area (Å²) in [6.45, 7) is 0.975. The lowest BCUT2D eigenvalue weighted by Crippen LogP contribution is -2.36. The number of carbonyl (C=O) groups excluding carboxylic acids is 6. The minimum atomic E-state index is -1.07. The molecule has 1 aromatic heterocycles. The molecule has 9 rings (SSSR count). The third kappa shape index (κ3) is 13.5. The summed E-state index contributed by atoms with van der Waals surface area (Å²) in [7, 11) is 0. The molecule has 5 aromatic rings. The number of para-hydroxylation sites is 2. The van der Waals surface area contributed by atoms with E-state index < -0.39 is 53.3 Å². The Kier molecular flexibility index (Phi) is 17.7. The molecule has 370 valence electrons. The molecule has 4 atom stereocenters. The number of nitrogens with zero attached hydrogens (tertiary/aromatic N) is 2. The van der Waals surface area contributed by atoms with Crippen LogP contribution in [0.2, 0.25) is 0 Å². The molecular formula is C47H47ClF4N8O10. The number of alkyl carbamates (subject to hydrolysis) is 1. The molecule has 4 aliphatic rings. The van der Waals surface area contributed by atoms with E-state index in [1.807, 2.05) is 6.07 Å². The van der Waals surface area contributed by atoms with E-state index in [0.29, 0.717) is 61.3 Å². The summed E-state index contributed by atoms with van der Waals surface area (Å²) in [5, 5.41) is 13.2. The van der Waals surface area contributed by atoms with E-state index in [9.17, 15) is 46.3 Å². The Balaban J connectivity index is 0.000000183. The van der Waals surface area contributed by atoms with Crippen LogP contribution in [-0.4, -0.2) is 83.9 Å². The number of nitrogens with one attached hydrogen (secondary N) is 5. The highest BCUT2D eigenvalue weighted by Gasteiger charge is 2.29. The molecule has 5 heterocycles. The minimum Gasteiger partial charge on any atom is -0.492 e. The number of hydrogen-bond donors (Lipinski definition) is 6. The maximum Gasteiger partial charge on any atom is 0.419 e. The molecule has 2 fully saturated rings. The number of amides is 5. The average Bonchev–Trinajstić information content (AvgIpc) is 4.14. The van der Waals surface area contributed by atoms with Crippen LogP contribution in [0, 0.1) is 23.3 Å². The number of anilines is 2. The molecule has 5 amide bonds. The van der Waals surface area contributed by atoms with Gasteiger partial charge in [-0.3, -0.25) is 19.2 Å². The first kappa shape index (κ1) is 51.7. The first-order valence-electron chi connectivity index (χ1n) is 21.7. The zero-order chi connectivity index (χ0) is 49.0. The number of hydrogen-bond acceptors (Lipinski definition) is 12. The lowest BCUT2D eigenvalue weighted by Gasteiger charge is -2.28. The fraction of sp³-hybridized carbons (Fsp3) is 0.298. The fourth-order valence-corrected chi connectivity index (χ4v) is 7.51. The van der Waals surface area contributed by atoms with E-state index in [1.165, 1.54) is 41.5 Å². The predicted molar refractivity (Wildman–Crippen MR) is 244 cm³/mol. The van der Waals surface area contributed by atoms with Gasteiger partial charge < -0.3 is 51.3 Å². The van der Waals surface area contributed by atoms with E-state index in [1.54, 1.807) is 24.3 Å². The summed E-state index contributed by atoms with van der Waals surface area (Å²) >= 11 is 0. The van der Waals surface area contributed by atoms with E-state index in [-0.39, 0.29) is 79.1 Å². The molecule has 0 bridgehead atoms. The van der Waals surface area contributed by atoms with Gasteiger partial charge in [0.25, 0.3) is 11.8 Å². The van der Waals surface area contributed by atoms with Gasteiger partial charge in [0, 0.05) is 78.8 Å². The zero-order valence-electron chi connectivity index (χ0n) is 37.0. The SMILES string of the molecule is Cl.N[C@H]1CCOc2c(C(=O)Nc3ccc(F)c(F)c3)cccc21.O=C1CC[C@H](COC(=O)N[C@H]2CCOc3c(C(=O)Nc4ccc(F)c(F)c4)cccc32)N1.O=C1CC[C@H](COC(=O)n2ccnc2)N1. The van der Waals surface area contributed by atoms with Gasteiger partial charge in [-0.25, -0.2) is 36.7 Å². The molecule has 7 N–H and O–H groups in total. The number of aromatic nitrogens is 2. The third-order valence-corrected chi connectivity index (χ3v) is 11.0. The van der Waals surface area contributed by atoms with Gasteiger partial charge in [0.15, 0.2) is 23.3 Å². The number of imidazole rings is 1. The molecule has 0 saturated carbocycles. The van der Waals surface area contributed by atoms with Gasteiger partial charge in [0.1, 0.15) is 31.0 Å². The topological polar surface area (TPSA) is 243 Å². The molecule has 18 nitrogen and oxygen atoms in total. The standard InChI is InChI=1S/C22H21F2N3O5.C16H14F2N2O2.C9H11N3O3.ClH/c23-16-6-4-12(10-17(16)24)26-21(29)15-3-1-2-14-18(8-9-31-20(14)15)27-22(30)32-11-13-5-7-19(28)25-13;17-12-5-4-9(8-13(12)18)20-16(21)11-3-1-2-10-14(19)6-7-22-15(10)11;13-8-2-1-7(11-8)5-15-9(14)12-4-3-10-6-12;/h1-4,6,10,13,18H,5,7-9,11H2,(H,25,28)(H,26,29)(H,27,30);1-5,8,14H,6-7,19H2,(H,20,21);3-4,6-7H,1-2,5H2,(H,11,13);1H/t13-,18+;14-;7-;/m101./s1. The van der Waals surface area contributed by atoms with Crippen LogP contribution in [-0.2, 0) is 19.1 Å². The van der Waals surface area contributed by atoms with Crippen molar-refractivity contribution >= 4 is 59.6 Å². The molecule has 0 unspecified atom stereocenters. The number of carbonyl (C=O) groups is 6. The normalized spacial score (nSPS) is 18.4. The fourth-order valence-electron chi connectivity index (χ4n) is 7.51. The van der Waals surface area contributed by atoms with Crippen LogP contribution in [0.15, 0.2) is 91.5 Å². The van der Waals surface area contributed by atoms with Crippen molar-refractivity contribution in [1.29, 1.82) is 0 Å². The second-order valence-electron chi connectivity index (χ2n) is 15.9. The lowest BCUT2D eigenvalue weighted by atomic mass is 9.97. The second kappa shape index (κ2) is 24.0. The molecule has 70 heavy (non-hydrogen) atoms. The molecular weight excluding hydrogens is 948 g/mol. The van der Waals surface area contributed by atoms with Gasteiger partial charge in [-0.1, -0.05) is 24.3 Å². The van der Waals surface area contributed by atoms with Gasteiger partial charge in [-0.05, 0) is 49.2 Å². The van der Waals surface area contributed by atoms with Gasteiger partial charge >= 0.3 is 12.2 Å². The number of ether oxygens (including phenoxy) is 4. The van der Waals surface area contributed by atoms with Crippen molar-refractivity contribution in [3.8, 4) is 11.5 Å². The van der Waals surface area contributed by atoms with Gasteiger partial charge in [-0.15, -0.1) is 12.4 Å². The first-order valence-corrected chi connectivity index (χ1v) is 21.7. The largest absolute Gasteiger partial charge is 0.492 e. The Bertz CT molecular complexity index is 2720. The van der Waals surface area contributed by atoms with E-state index in [2.05, 4.69) is 31.6 Å². The first-order chi connectivity index (χ1) is 33.2. The van der Waals surface area contributed by atoms with Crippen LogP contribution < -0.4 is 41.8 Å². The van der Waals surface area contributed by atoms with Crippen LogP contribution in [0.4, 0.5) is 38.5 Å². The number of fused-ring (bicyclic) bond motifs is 2. The summed E-state index contributed by atoms with van der Waals surface area (Å²) in [5.74, 6) is -4.41. The highest BCUT2D eigenvalue weighted by Crippen LogP contribution is 2.36. The molecule has 0 spiro atoms. The van der Waals surface area contributed by atoms with Crippen LogP contribution in [0.5, 0.6) is 11.5 Å². The number of benzene rings is 4. The summed E-state index contributed by atoms with van der Waals surface area (Å²) < 4.78 is 75.3. The molecule has 4 aliphatic heterocycles. The van der Waals surface area contributed by atoms with Crippen LogP contribution >= 0.6 is 12.4 Å². The van der Waals surface area contributed by atoms with Crippen molar-refractivity contribution < 1.29 is 65.3 Å². The van der Waals surface area contributed by atoms with E-state index in [0.717, 1.165) is 36.2 Å². The maximum atomic E-state index is 13.4.